The van der Waals surface area contributed by atoms with E-state index in [4.69, 9.17) is 11.6 Å². The summed E-state index contributed by atoms with van der Waals surface area (Å²) in [6, 6.07) is 20.2. The van der Waals surface area contributed by atoms with Gasteiger partial charge >= 0.3 is 0 Å². The molecule has 6 rings (SSSR count). The summed E-state index contributed by atoms with van der Waals surface area (Å²) in [5, 5.41) is 6.40. The Kier molecular flexibility index (Phi) is 5.53. The summed E-state index contributed by atoms with van der Waals surface area (Å²) in [5.41, 5.74) is 4.47. The lowest BCUT2D eigenvalue weighted by atomic mass is 9.88. The Morgan fingerprint density at radius 3 is 2.46 bits per heavy atom. The van der Waals surface area contributed by atoms with Crippen molar-refractivity contribution in [3.05, 3.63) is 77.3 Å². The van der Waals surface area contributed by atoms with Gasteiger partial charge in [-0.1, -0.05) is 30.2 Å². The molecule has 2 aliphatic rings. The van der Waals surface area contributed by atoms with E-state index >= 15 is 0 Å². The molecule has 2 bridgehead atoms. The SMILES string of the molecule is O=C(Nc1ccc(-c2nc3ccc(NC(=O)C4CC5CCC4C5)cc3[nH]2)cc1)c1ccccc1Cl. The molecular formula is C28H25ClN4O2. The van der Waals surface area contributed by atoms with E-state index in [2.05, 4.69) is 20.6 Å². The van der Waals surface area contributed by atoms with Crippen molar-refractivity contribution in [1.29, 1.82) is 0 Å². The van der Waals surface area contributed by atoms with Crippen LogP contribution in [0.25, 0.3) is 22.4 Å². The maximum atomic E-state index is 12.8. The summed E-state index contributed by atoms with van der Waals surface area (Å²) in [5.74, 6) is 2.06. The van der Waals surface area contributed by atoms with E-state index in [0.29, 0.717) is 22.2 Å². The second-order valence-corrected chi connectivity index (χ2v) is 10.0. The fourth-order valence-corrected chi connectivity index (χ4v) is 5.80. The van der Waals surface area contributed by atoms with Crippen LogP contribution < -0.4 is 10.6 Å². The van der Waals surface area contributed by atoms with Gasteiger partial charge in [0.15, 0.2) is 0 Å². The molecule has 3 atom stereocenters. The van der Waals surface area contributed by atoms with Gasteiger partial charge in [-0.3, -0.25) is 9.59 Å². The Balaban J connectivity index is 1.15. The monoisotopic (exact) mass is 484 g/mol. The predicted molar refractivity (Wildman–Crippen MR) is 139 cm³/mol. The van der Waals surface area contributed by atoms with E-state index in [0.717, 1.165) is 40.4 Å². The highest BCUT2D eigenvalue weighted by molar-refractivity contribution is 6.34. The van der Waals surface area contributed by atoms with Gasteiger partial charge in [0, 0.05) is 22.9 Å². The number of aromatic nitrogens is 2. The Hall–Kier alpha value is -3.64. The lowest BCUT2D eigenvalue weighted by Crippen LogP contribution is -2.27. The quantitative estimate of drug-likeness (QED) is 0.301. The molecule has 0 radical (unpaired) electrons. The molecule has 35 heavy (non-hydrogen) atoms. The first-order valence-electron chi connectivity index (χ1n) is 12.0. The molecule has 0 spiro atoms. The average Bonchev–Trinajstić information content (AvgIpc) is 3.60. The molecule has 6 nitrogen and oxygen atoms in total. The highest BCUT2D eigenvalue weighted by Crippen LogP contribution is 2.48. The van der Waals surface area contributed by atoms with Crippen LogP contribution in [0, 0.1) is 17.8 Å². The molecule has 4 aromatic rings. The van der Waals surface area contributed by atoms with E-state index < -0.39 is 0 Å². The Bertz CT molecular complexity index is 1430. The van der Waals surface area contributed by atoms with Crippen LogP contribution in [0.1, 0.15) is 36.0 Å². The largest absolute Gasteiger partial charge is 0.338 e. The maximum Gasteiger partial charge on any atom is 0.257 e. The molecule has 0 aliphatic heterocycles. The number of hydrogen-bond donors (Lipinski definition) is 3. The number of halogens is 1. The molecule has 2 amide bonds. The number of anilines is 2. The van der Waals surface area contributed by atoms with Gasteiger partial charge in [0.05, 0.1) is 21.6 Å². The number of nitrogens with one attached hydrogen (secondary N) is 3. The van der Waals surface area contributed by atoms with Gasteiger partial charge < -0.3 is 15.6 Å². The number of H-pyrrole nitrogens is 1. The third kappa shape index (κ3) is 4.30. The minimum Gasteiger partial charge on any atom is -0.338 e. The normalized spacial score (nSPS) is 20.8. The number of carbonyl (C=O) groups is 2. The number of hydrogen-bond acceptors (Lipinski definition) is 3. The number of rotatable bonds is 5. The van der Waals surface area contributed by atoms with Crippen molar-refractivity contribution in [2.24, 2.45) is 17.8 Å². The summed E-state index contributed by atoms with van der Waals surface area (Å²) in [6.07, 6.45) is 4.71. The molecule has 176 valence electrons. The van der Waals surface area contributed by atoms with Crippen LogP contribution >= 0.6 is 11.6 Å². The lowest BCUT2D eigenvalue weighted by Gasteiger charge is -2.20. The van der Waals surface area contributed by atoms with E-state index in [1.165, 1.54) is 19.3 Å². The molecule has 7 heteroatoms. The standard InChI is InChI=1S/C28H25ClN4O2/c29-23-4-2-1-3-21(23)27(34)30-19-9-7-17(8-10-19)26-32-24-12-11-20(15-25(24)33-26)31-28(35)22-14-16-5-6-18(22)13-16/h1-4,7-12,15-16,18,22H,5-6,13-14H2,(H,30,34)(H,31,35)(H,32,33). The first-order valence-corrected chi connectivity index (χ1v) is 12.4. The van der Waals surface area contributed by atoms with Gasteiger partial charge in [-0.2, -0.15) is 0 Å². The van der Waals surface area contributed by atoms with Crippen LogP contribution in [0.2, 0.25) is 5.02 Å². The molecule has 3 N–H and O–H groups in total. The summed E-state index contributed by atoms with van der Waals surface area (Å²) in [7, 11) is 0. The van der Waals surface area contributed by atoms with Crippen molar-refractivity contribution in [3.63, 3.8) is 0 Å². The first kappa shape index (κ1) is 21.9. The zero-order chi connectivity index (χ0) is 23.9. The summed E-state index contributed by atoms with van der Waals surface area (Å²) in [6.45, 7) is 0. The number of fused-ring (bicyclic) bond motifs is 3. The van der Waals surface area contributed by atoms with Crippen LogP contribution in [-0.4, -0.2) is 21.8 Å². The third-order valence-corrected chi connectivity index (χ3v) is 7.69. The number of carbonyl (C=O) groups excluding carboxylic acids is 2. The second kappa shape index (κ2) is 8.86. The minimum absolute atomic E-state index is 0.144. The van der Waals surface area contributed by atoms with Crippen molar-refractivity contribution >= 4 is 45.8 Å². The van der Waals surface area contributed by atoms with Crippen LogP contribution in [0.5, 0.6) is 0 Å². The zero-order valence-corrected chi connectivity index (χ0v) is 19.8. The van der Waals surface area contributed by atoms with Crippen molar-refractivity contribution in [1.82, 2.24) is 9.97 Å². The molecule has 1 aromatic heterocycles. The van der Waals surface area contributed by atoms with Crippen LogP contribution in [0.15, 0.2) is 66.7 Å². The lowest BCUT2D eigenvalue weighted by molar-refractivity contribution is -0.121. The Labute approximate surface area is 208 Å². The third-order valence-electron chi connectivity index (χ3n) is 7.36. The number of amides is 2. The van der Waals surface area contributed by atoms with E-state index in [1.807, 2.05) is 42.5 Å². The Morgan fingerprint density at radius 2 is 1.71 bits per heavy atom. The highest BCUT2D eigenvalue weighted by Gasteiger charge is 2.43. The summed E-state index contributed by atoms with van der Waals surface area (Å²) in [4.78, 5) is 33.3. The second-order valence-electron chi connectivity index (χ2n) is 9.60. The van der Waals surface area contributed by atoms with Crippen molar-refractivity contribution < 1.29 is 9.59 Å². The molecule has 1 heterocycles. The van der Waals surface area contributed by atoms with Crippen molar-refractivity contribution in [2.75, 3.05) is 10.6 Å². The average molecular weight is 485 g/mol. The van der Waals surface area contributed by atoms with Crippen molar-refractivity contribution in [3.8, 4) is 11.4 Å². The number of aromatic amines is 1. The molecule has 2 aliphatic carbocycles. The van der Waals surface area contributed by atoms with E-state index in [9.17, 15) is 9.59 Å². The maximum absolute atomic E-state index is 12.8. The van der Waals surface area contributed by atoms with Gasteiger partial charge in [0.1, 0.15) is 5.82 Å². The predicted octanol–water partition coefficient (Wildman–Crippen LogP) is 6.51. The summed E-state index contributed by atoms with van der Waals surface area (Å²) >= 11 is 6.12. The summed E-state index contributed by atoms with van der Waals surface area (Å²) < 4.78 is 0. The highest BCUT2D eigenvalue weighted by atomic mass is 35.5. The fraction of sp³-hybridized carbons (Fsp3) is 0.250. The van der Waals surface area contributed by atoms with Gasteiger partial charge in [-0.15, -0.1) is 0 Å². The van der Waals surface area contributed by atoms with Gasteiger partial charge in [0.25, 0.3) is 5.91 Å². The van der Waals surface area contributed by atoms with E-state index in [1.54, 1.807) is 24.3 Å². The number of benzene rings is 3. The first-order chi connectivity index (χ1) is 17.0. The molecular weight excluding hydrogens is 460 g/mol. The van der Waals surface area contributed by atoms with E-state index in [-0.39, 0.29) is 17.7 Å². The van der Waals surface area contributed by atoms with Gasteiger partial charge in [-0.25, -0.2) is 4.98 Å². The molecule has 2 fully saturated rings. The smallest absolute Gasteiger partial charge is 0.257 e. The molecule has 3 unspecified atom stereocenters. The number of imidazole rings is 1. The van der Waals surface area contributed by atoms with Crippen LogP contribution in [-0.2, 0) is 4.79 Å². The Morgan fingerprint density at radius 1 is 0.914 bits per heavy atom. The molecule has 2 saturated carbocycles. The molecule has 3 aromatic carbocycles. The molecule has 0 saturated heterocycles. The topological polar surface area (TPSA) is 86.9 Å². The van der Waals surface area contributed by atoms with Gasteiger partial charge in [-0.05, 0) is 85.7 Å². The zero-order valence-electron chi connectivity index (χ0n) is 19.1. The van der Waals surface area contributed by atoms with Gasteiger partial charge in [0.2, 0.25) is 5.91 Å². The minimum atomic E-state index is -0.257. The number of nitrogens with zero attached hydrogens (tertiary/aromatic N) is 1. The fourth-order valence-electron chi connectivity index (χ4n) is 5.58. The van der Waals surface area contributed by atoms with Crippen molar-refractivity contribution in [2.45, 2.75) is 25.7 Å². The van der Waals surface area contributed by atoms with Crippen LogP contribution in [0.3, 0.4) is 0 Å². The van der Waals surface area contributed by atoms with Crippen LogP contribution in [0.4, 0.5) is 11.4 Å².